The van der Waals surface area contributed by atoms with Gasteiger partial charge in [0.05, 0.1) is 6.54 Å². The van der Waals surface area contributed by atoms with Crippen LogP contribution >= 0.6 is 0 Å². The second-order valence-electron chi connectivity index (χ2n) is 5.82. The molecule has 1 amide bonds. The standard InChI is InChI=1S/C21H18F2N2O/c22-17-10-6-11-18(23)21(17)24-14-20(26)25-19-12-5-4-9-16(19)13-15-7-2-1-3-8-15/h1-12,24H,13-14H2,(H,25,26). The monoisotopic (exact) mass is 352 g/mol. The van der Waals surface area contributed by atoms with E-state index in [2.05, 4.69) is 10.6 Å². The molecule has 0 heterocycles. The highest BCUT2D eigenvalue weighted by atomic mass is 19.1. The first-order chi connectivity index (χ1) is 12.6. The fraction of sp³-hybridized carbons (Fsp3) is 0.0952. The Labute approximate surface area is 150 Å². The van der Waals surface area contributed by atoms with Gasteiger partial charge in [-0.3, -0.25) is 4.79 Å². The van der Waals surface area contributed by atoms with E-state index in [0.29, 0.717) is 12.1 Å². The lowest BCUT2D eigenvalue weighted by atomic mass is 10.0. The zero-order valence-electron chi connectivity index (χ0n) is 14.0. The van der Waals surface area contributed by atoms with Gasteiger partial charge in [-0.1, -0.05) is 54.6 Å². The van der Waals surface area contributed by atoms with E-state index >= 15 is 0 Å². The van der Waals surface area contributed by atoms with Gasteiger partial charge in [0.2, 0.25) is 5.91 Å². The van der Waals surface area contributed by atoms with Crippen molar-refractivity contribution >= 4 is 17.3 Å². The SMILES string of the molecule is O=C(CNc1c(F)cccc1F)Nc1ccccc1Cc1ccccc1. The maximum Gasteiger partial charge on any atom is 0.243 e. The summed E-state index contributed by atoms with van der Waals surface area (Å²) in [6.07, 6.45) is 0.673. The summed E-state index contributed by atoms with van der Waals surface area (Å²) in [5, 5.41) is 5.30. The summed E-state index contributed by atoms with van der Waals surface area (Å²) in [6.45, 7) is -0.239. The first-order valence-electron chi connectivity index (χ1n) is 8.23. The second kappa shape index (κ2) is 8.25. The van der Waals surface area contributed by atoms with E-state index in [9.17, 15) is 13.6 Å². The van der Waals surface area contributed by atoms with Crippen LogP contribution in [0, 0.1) is 11.6 Å². The van der Waals surface area contributed by atoms with Gasteiger partial charge in [0.15, 0.2) is 0 Å². The van der Waals surface area contributed by atoms with Crippen LogP contribution in [0.4, 0.5) is 20.2 Å². The Hall–Kier alpha value is -3.21. The van der Waals surface area contributed by atoms with Crippen LogP contribution in [0.15, 0.2) is 72.8 Å². The molecule has 0 saturated carbocycles. The molecule has 3 nitrogen and oxygen atoms in total. The number of carbonyl (C=O) groups is 1. The molecule has 132 valence electrons. The molecule has 0 radical (unpaired) electrons. The van der Waals surface area contributed by atoms with Gasteiger partial charge >= 0.3 is 0 Å². The minimum Gasteiger partial charge on any atom is -0.371 e. The number of rotatable bonds is 6. The lowest BCUT2D eigenvalue weighted by Gasteiger charge is -2.13. The van der Waals surface area contributed by atoms with Gasteiger partial charge < -0.3 is 10.6 Å². The Morgan fingerprint density at radius 1 is 0.808 bits per heavy atom. The molecule has 0 bridgehead atoms. The normalized spacial score (nSPS) is 10.4. The second-order valence-corrected chi connectivity index (χ2v) is 5.82. The molecule has 0 spiro atoms. The van der Waals surface area contributed by atoms with E-state index in [1.165, 1.54) is 6.07 Å². The average Bonchev–Trinajstić information content (AvgIpc) is 2.64. The fourth-order valence-electron chi connectivity index (χ4n) is 2.64. The molecule has 0 unspecified atom stereocenters. The largest absolute Gasteiger partial charge is 0.371 e. The van der Waals surface area contributed by atoms with Crippen molar-refractivity contribution in [2.45, 2.75) is 6.42 Å². The van der Waals surface area contributed by atoms with Gasteiger partial charge in [0, 0.05) is 5.69 Å². The summed E-state index contributed by atoms with van der Waals surface area (Å²) in [4.78, 5) is 12.2. The fourth-order valence-corrected chi connectivity index (χ4v) is 2.64. The lowest BCUT2D eigenvalue weighted by molar-refractivity contribution is -0.114. The molecular formula is C21H18F2N2O. The van der Waals surface area contributed by atoms with Crippen molar-refractivity contribution in [3.8, 4) is 0 Å². The molecule has 3 aromatic carbocycles. The molecule has 0 aliphatic heterocycles. The van der Waals surface area contributed by atoms with Gasteiger partial charge in [0.1, 0.15) is 17.3 Å². The van der Waals surface area contributed by atoms with Crippen LogP contribution < -0.4 is 10.6 Å². The van der Waals surface area contributed by atoms with E-state index in [0.717, 1.165) is 23.3 Å². The summed E-state index contributed by atoms with van der Waals surface area (Å²) in [5.74, 6) is -1.85. The van der Waals surface area contributed by atoms with Crippen molar-refractivity contribution in [1.29, 1.82) is 0 Å². The highest BCUT2D eigenvalue weighted by molar-refractivity contribution is 5.94. The molecule has 3 aromatic rings. The van der Waals surface area contributed by atoms with Gasteiger partial charge in [-0.25, -0.2) is 8.78 Å². The van der Waals surface area contributed by atoms with Crippen LogP contribution in [0.3, 0.4) is 0 Å². The topological polar surface area (TPSA) is 41.1 Å². The molecule has 5 heteroatoms. The van der Waals surface area contributed by atoms with E-state index in [1.54, 1.807) is 6.07 Å². The summed E-state index contributed by atoms with van der Waals surface area (Å²) in [7, 11) is 0. The predicted octanol–water partition coefficient (Wildman–Crippen LogP) is 4.61. The highest BCUT2D eigenvalue weighted by Gasteiger charge is 2.11. The number of para-hydroxylation sites is 2. The number of hydrogen-bond acceptors (Lipinski definition) is 2. The average molecular weight is 352 g/mol. The summed E-state index contributed by atoms with van der Waals surface area (Å²) in [5.41, 5.74) is 2.46. The Kier molecular flexibility index (Phi) is 5.59. The molecule has 0 saturated heterocycles. The lowest BCUT2D eigenvalue weighted by Crippen LogP contribution is -2.23. The number of nitrogens with one attached hydrogen (secondary N) is 2. The number of anilines is 2. The maximum absolute atomic E-state index is 13.6. The van der Waals surface area contributed by atoms with Crippen molar-refractivity contribution in [1.82, 2.24) is 0 Å². The van der Waals surface area contributed by atoms with Gasteiger partial charge in [-0.2, -0.15) is 0 Å². The third-order valence-electron chi connectivity index (χ3n) is 3.92. The van der Waals surface area contributed by atoms with Crippen LogP contribution in [0.5, 0.6) is 0 Å². The Morgan fingerprint density at radius 2 is 1.46 bits per heavy atom. The van der Waals surface area contributed by atoms with Crippen LogP contribution in [0.25, 0.3) is 0 Å². The molecule has 0 aromatic heterocycles. The van der Waals surface area contributed by atoms with Gasteiger partial charge in [-0.05, 0) is 35.7 Å². The van der Waals surface area contributed by atoms with E-state index in [1.807, 2.05) is 48.5 Å². The van der Waals surface area contributed by atoms with Gasteiger partial charge in [0.25, 0.3) is 0 Å². The van der Waals surface area contributed by atoms with Crippen LogP contribution in [-0.4, -0.2) is 12.5 Å². The van der Waals surface area contributed by atoms with Gasteiger partial charge in [-0.15, -0.1) is 0 Å². The highest BCUT2D eigenvalue weighted by Crippen LogP contribution is 2.20. The number of hydrogen-bond donors (Lipinski definition) is 2. The molecule has 2 N–H and O–H groups in total. The van der Waals surface area contributed by atoms with Crippen molar-refractivity contribution in [3.05, 3.63) is 95.6 Å². The molecule has 0 aliphatic carbocycles. The number of benzene rings is 3. The predicted molar refractivity (Wildman–Crippen MR) is 99.2 cm³/mol. The molecule has 0 aliphatic rings. The smallest absolute Gasteiger partial charge is 0.243 e. The number of amides is 1. The maximum atomic E-state index is 13.6. The number of halogens is 2. The third-order valence-corrected chi connectivity index (χ3v) is 3.92. The van der Waals surface area contributed by atoms with Crippen molar-refractivity contribution in [3.63, 3.8) is 0 Å². The Bertz CT molecular complexity index is 877. The molecular weight excluding hydrogens is 334 g/mol. The van der Waals surface area contributed by atoms with E-state index < -0.39 is 11.6 Å². The summed E-state index contributed by atoms with van der Waals surface area (Å²) >= 11 is 0. The van der Waals surface area contributed by atoms with Crippen LogP contribution in [0.1, 0.15) is 11.1 Å². The quantitative estimate of drug-likeness (QED) is 0.680. The van der Waals surface area contributed by atoms with E-state index in [4.69, 9.17) is 0 Å². The van der Waals surface area contributed by atoms with E-state index in [-0.39, 0.29) is 18.1 Å². The molecule has 3 rings (SSSR count). The summed E-state index contributed by atoms with van der Waals surface area (Å²) < 4.78 is 27.2. The van der Waals surface area contributed by atoms with Crippen LogP contribution in [0.2, 0.25) is 0 Å². The zero-order chi connectivity index (χ0) is 18.4. The molecule has 0 fully saturated rings. The number of carbonyl (C=O) groups excluding carboxylic acids is 1. The Balaban J connectivity index is 1.66. The first kappa shape index (κ1) is 17.6. The minimum atomic E-state index is -0.734. The third kappa shape index (κ3) is 4.45. The molecule has 26 heavy (non-hydrogen) atoms. The summed E-state index contributed by atoms with van der Waals surface area (Å²) in [6, 6.07) is 20.9. The first-order valence-corrected chi connectivity index (χ1v) is 8.23. The minimum absolute atomic E-state index is 0.239. The van der Waals surface area contributed by atoms with Crippen LogP contribution in [-0.2, 0) is 11.2 Å². The van der Waals surface area contributed by atoms with Crippen molar-refractivity contribution in [2.24, 2.45) is 0 Å². The Morgan fingerprint density at radius 3 is 2.19 bits per heavy atom. The zero-order valence-corrected chi connectivity index (χ0v) is 14.0. The van der Waals surface area contributed by atoms with Crippen molar-refractivity contribution in [2.75, 3.05) is 17.2 Å². The molecule has 0 atom stereocenters. The van der Waals surface area contributed by atoms with Crippen molar-refractivity contribution < 1.29 is 13.6 Å².